The van der Waals surface area contributed by atoms with Crippen molar-refractivity contribution in [2.75, 3.05) is 39.9 Å². The lowest BCUT2D eigenvalue weighted by Crippen LogP contribution is -2.38. The summed E-state index contributed by atoms with van der Waals surface area (Å²) < 4.78 is 5.45. The first kappa shape index (κ1) is 23.2. The molecule has 1 heterocycles. The molecule has 148 valence electrons. The third-order valence-electron chi connectivity index (χ3n) is 4.61. The third-order valence-corrected chi connectivity index (χ3v) is 4.61. The fraction of sp³-hybridized carbons (Fsp3) is 0.650. The third kappa shape index (κ3) is 8.68. The highest BCUT2D eigenvalue weighted by Crippen LogP contribution is 2.13. The van der Waals surface area contributed by atoms with Crippen molar-refractivity contribution in [2.24, 2.45) is 4.99 Å². The number of halogens is 1. The van der Waals surface area contributed by atoms with Gasteiger partial charge in [-0.2, -0.15) is 0 Å². The van der Waals surface area contributed by atoms with E-state index in [1.54, 1.807) is 0 Å². The normalized spacial score (nSPS) is 15.4. The second-order valence-electron chi connectivity index (χ2n) is 6.57. The maximum atomic E-state index is 5.45. The zero-order valence-electron chi connectivity index (χ0n) is 16.3. The summed E-state index contributed by atoms with van der Waals surface area (Å²) >= 11 is 0. The van der Waals surface area contributed by atoms with Crippen molar-refractivity contribution in [3.8, 4) is 0 Å². The minimum atomic E-state index is 0. The van der Waals surface area contributed by atoms with E-state index in [4.69, 9.17) is 4.74 Å². The van der Waals surface area contributed by atoms with Crippen LogP contribution < -0.4 is 10.6 Å². The zero-order valence-corrected chi connectivity index (χ0v) is 18.6. The van der Waals surface area contributed by atoms with Gasteiger partial charge < -0.3 is 15.4 Å². The second-order valence-corrected chi connectivity index (χ2v) is 6.57. The monoisotopic (exact) mass is 474 g/mol. The van der Waals surface area contributed by atoms with Crippen LogP contribution in [0, 0.1) is 0 Å². The summed E-state index contributed by atoms with van der Waals surface area (Å²) in [5, 5.41) is 6.86. The van der Waals surface area contributed by atoms with Crippen LogP contribution in [-0.2, 0) is 17.8 Å². The number of ether oxygens (including phenoxy) is 1. The van der Waals surface area contributed by atoms with Gasteiger partial charge in [-0.3, -0.25) is 9.89 Å². The van der Waals surface area contributed by atoms with E-state index in [1.807, 2.05) is 7.05 Å². The number of hydrogen-bond donors (Lipinski definition) is 2. The molecule has 0 bridgehead atoms. The maximum absolute atomic E-state index is 5.45. The minimum absolute atomic E-state index is 0. The van der Waals surface area contributed by atoms with Crippen molar-refractivity contribution in [3.05, 3.63) is 35.4 Å². The van der Waals surface area contributed by atoms with Crippen molar-refractivity contribution in [3.63, 3.8) is 0 Å². The van der Waals surface area contributed by atoms with Crippen LogP contribution in [0.3, 0.4) is 0 Å². The van der Waals surface area contributed by atoms with Crippen LogP contribution in [0.25, 0.3) is 0 Å². The topological polar surface area (TPSA) is 48.9 Å². The molecule has 1 aliphatic rings. The fourth-order valence-corrected chi connectivity index (χ4v) is 3.04. The molecule has 2 rings (SSSR count). The van der Waals surface area contributed by atoms with Crippen LogP contribution in [0.1, 0.15) is 43.7 Å². The molecule has 5 nitrogen and oxygen atoms in total. The van der Waals surface area contributed by atoms with Crippen molar-refractivity contribution < 1.29 is 4.74 Å². The SMILES string of the molecule is CCCCCCNC(=NC)NCc1ccccc1CN1CCOCC1.I. The van der Waals surface area contributed by atoms with Crippen LogP contribution in [0.5, 0.6) is 0 Å². The average molecular weight is 474 g/mol. The molecular weight excluding hydrogens is 439 g/mol. The molecule has 0 radical (unpaired) electrons. The molecule has 0 aromatic heterocycles. The molecule has 0 saturated carbocycles. The van der Waals surface area contributed by atoms with Gasteiger partial charge in [-0.15, -0.1) is 24.0 Å². The summed E-state index contributed by atoms with van der Waals surface area (Å²) in [5.41, 5.74) is 2.72. The van der Waals surface area contributed by atoms with E-state index in [-0.39, 0.29) is 24.0 Å². The summed E-state index contributed by atoms with van der Waals surface area (Å²) in [6.45, 7) is 8.73. The number of benzene rings is 1. The van der Waals surface area contributed by atoms with Gasteiger partial charge in [0.2, 0.25) is 0 Å². The van der Waals surface area contributed by atoms with Gasteiger partial charge in [-0.1, -0.05) is 50.5 Å². The zero-order chi connectivity index (χ0) is 17.7. The fourth-order valence-electron chi connectivity index (χ4n) is 3.04. The smallest absolute Gasteiger partial charge is 0.191 e. The Labute approximate surface area is 176 Å². The Balaban J connectivity index is 0.00000338. The van der Waals surface area contributed by atoms with Crippen molar-refractivity contribution in [1.82, 2.24) is 15.5 Å². The predicted molar refractivity (Wildman–Crippen MR) is 120 cm³/mol. The van der Waals surface area contributed by atoms with Crippen molar-refractivity contribution >= 4 is 29.9 Å². The van der Waals surface area contributed by atoms with Gasteiger partial charge in [0, 0.05) is 39.8 Å². The lowest BCUT2D eigenvalue weighted by atomic mass is 10.1. The van der Waals surface area contributed by atoms with Gasteiger partial charge in [0.1, 0.15) is 0 Å². The largest absolute Gasteiger partial charge is 0.379 e. The van der Waals surface area contributed by atoms with Gasteiger partial charge in [0.25, 0.3) is 0 Å². The van der Waals surface area contributed by atoms with E-state index >= 15 is 0 Å². The average Bonchev–Trinajstić information content (AvgIpc) is 2.66. The molecule has 1 fully saturated rings. The Hall–Kier alpha value is -0.860. The van der Waals surface area contributed by atoms with Crippen LogP contribution in [0.4, 0.5) is 0 Å². The first-order valence-corrected chi connectivity index (χ1v) is 9.65. The van der Waals surface area contributed by atoms with E-state index in [9.17, 15) is 0 Å². The molecule has 2 N–H and O–H groups in total. The number of aliphatic imine (C=N–C) groups is 1. The van der Waals surface area contributed by atoms with E-state index in [0.29, 0.717) is 0 Å². The van der Waals surface area contributed by atoms with Gasteiger partial charge in [-0.25, -0.2) is 0 Å². The molecule has 0 unspecified atom stereocenters. The molecule has 1 saturated heterocycles. The van der Waals surface area contributed by atoms with E-state index in [1.165, 1.54) is 36.8 Å². The van der Waals surface area contributed by atoms with Gasteiger partial charge >= 0.3 is 0 Å². The standard InChI is InChI=1S/C20H34N4O.HI/c1-3-4-5-8-11-22-20(21-2)23-16-18-9-6-7-10-19(18)17-24-12-14-25-15-13-24;/h6-7,9-10H,3-5,8,11-17H2,1-2H3,(H2,21,22,23);1H. The highest BCUT2D eigenvalue weighted by atomic mass is 127. The summed E-state index contributed by atoms with van der Waals surface area (Å²) in [7, 11) is 1.83. The van der Waals surface area contributed by atoms with Crippen molar-refractivity contribution in [2.45, 2.75) is 45.7 Å². The molecular formula is C20H35IN4O. The maximum Gasteiger partial charge on any atom is 0.191 e. The Morgan fingerprint density at radius 1 is 1.08 bits per heavy atom. The Bertz CT molecular complexity index is 518. The van der Waals surface area contributed by atoms with Crippen LogP contribution in [0.15, 0.2) is 29.3 Å². The number of guanidine groups is 1. The van der Waals surface area contributed by atoms with Crippen LogP contribution in [0.2, 0.25) is 0 Å². The number of morpholine rings is 1. The molecule has 26 heavy (non-hydrogen) atoms. The lowest BCUT2D eigenvalue weighted by Gasteiger charge is -2.27. The first-order valence-electron chi connectivity index (χ1n) is 9.65. The molecule has 0 amide bonds. The first-order chi connectivity index (χ1) is 12.3. The summed E-state index contributed by atoms with van der Waals surface area (Å²) in [5.74, 6) is 0.887. The summed E-state index contributed by atoms with van der Waals surface area (Å²) in [6.07, 6.45) is 5.06. The van der Waals surface area contributed by atoms with E-state index in [0.717, 1.165) is 51.9 Å². The van der Waals surface area contributed by atoms with Crippen LogP contribution in [-0.4, -0.2) is 50.8 Å². The Kier molecular flexibility index (Phi) is 12.7. The number of hydrogen-bond acceptors (Lipinski definition) is 3. The Morgan fingerprint density at radius 2 is 1.81 bits per heavy atom. The van der Waals surface area contributed by atoms with Crippen LogP contribution >= 0.6 is 24.0 Å². The molecule has 0 spiro atoms. The molecule has 1 aromatic rings. The lowest BCUT2D eigenvalue weighted by molar-refractivity contribution is 0.0341. The van der Waals surface area contributed by atoms with Gasteiger partial charge in [0.15, 0.2) is 5.96 Å². The minimum Gasteiger partial charge on any atom is -0.379 e. The molecule has 1 aromatic carbocycles. The van der Waals surface area contributed by atoms with Crippen molar-refractivity contribution in [1.29, 1.82) is 0 Å². The molecule has 0 atom stereocenters. The molecule has 6 heteroatoms. The number of rotatable bonds is 9. The predicted octanol–water partition coefficient (Wildman–Crippen LogP) is 3.38. The summed E-state index contributed by atoms with van der Waals surface area (Å²) in [4.78, 5) is 6.80. The molecule has 0 aliphatic carbocycles. The number of nitrogens with one attached hydrogen (secondary N) is 2. The Morgan fingerprint density at radius 3 is 2.50 bits per heavy atom. The second kappa shape index (κ2) is 14.2. The van der Waals surface area contributed by atoms with Gasteiger partial charge in [-0.05, 0) is 17.5 Å². The highest BCUT2D eigenvalue weighted by molar-refractivity contribution is 14.0. The van der Waals surface area contributed by atoms with Gasteiger partial charge in [0.05, 0.1) is 13.2 Å². The van der Waals surface area contributed by atoms with E-state index in [2.05, 4.69) is 51.7 Å². The quantitative estimate of drug-likeness (QED) is 0.250. The highest BCUT2D eigenvalue weighted by Gasteiger charge is 2.12. The van der Waals surface area contributed by atoms with E-state index < -0.39 is 0 Å². The molecule has 1 aliphatic heterocycles. The number of unbranched alkanes of at least 4 members (excludes halogenated alkanes) is 3. The summed E-state index contributed by atoms with van der Waals surface area (Å²) in [6, 6.07) is 8.67. The number of nitrogens with zero attached hydrogens (tertiary/aromatic N) is 2.